The first-order valence-electron chi connectivity index (χ1n) is 7.52. The first-order valence-corrected chi connectivity index (χ1v) is 7.52. The van der Waals surface area contributed by atoms with E-state index in [9.17, 15) is 5.11 Å². The molecule has 0 saturated heterocycles. The Balaban J connectivity index is 2.06. The van der Waals surface area contributed by atoms with Gasteiger partial charge in [0.05, 0.1) is 7.11 Å². The number of unbranched alkanes of at least 4 members (excludes halogenated alkanes) is 3. The van der Waals surface area contributed by atoms with Crippen molar-refractivity contribution in [3.05, 3.63) is 29.8 Å². The molecule has 1 aliphatic rings. The first kappa shape index (κ1) is 14.4. The van der Waals surface area contributed by atoms with E-state index in [-0.39, 0.29) is 5.41 Å². The highest BCUT2D eigenvalue weighted by Gasteiger charge is 2.53. The molecule has 2 rings (SSSR count). The molecule has 19 heavy (non-hydrogen) atoms. The van der Waals surface area contributed by atoms with Crippen molar-refractivity contribution in [1.29, 1.82) is 0 Å². The third kappa shape index (κ3) is 3.11. The molecule has 0 aliphatic heterocycles. The highest BCUT2D eigenvalue weighted by atomic mass is 16.5. The van der Waals surface area contributed by atoms with E-state index in [1.165, 1.54) is 37.7 Å². The number of ether oxygens (including phenoxy) is 1. The molecule has 2 atom stereocenters. The topological polar surface area (TPSA) is 29.5 Å². The van der Waals surface area contributed by atoms with E-state index in [4.69, 9.17) is 4.74 Å². The Bertz CT molecular complexity index is 402. The van der Waals surface area contributed by atoms with Gasteiger partial charge in [-0.15, -0.1) is 0 Å². The van der Waals surface area contributed by atoms with Crippen molar-refractivity contribution >= 4 is 0 Å². The summed E-state index contributed by atoms with van der Waals surface area (Å²) in [6, 6.07) is 8.40. The van der Waals surface area contributed by atoms with Crippen LogP contribution in [-0.2, 0) is 5.41 Å². The SMILES string of the molecule is CCCCCC[C@@]1(c2cccc(OC)c2)C[C@@H]1CO. The molecule has 0 radical (unpaired) electrons. The minimum Gasteiger partial charge on any atom is -0.497 e. The van der Waals surface area contributed by atoms with E-state index < -0.39 is 0 Å². The van der Waals surface area contributed by atoms with Crippen LogP contribution in [0.1, 0.15) is 51.0 Å². The Kier molecular flexibility index (Phi) is 4.87. The molecule has 1 saturated carbocycles. The standard InChI is InChI=1S/C17H26O2/c1-3-4-5-6-10-17(12-15(17)13-18)14-8-7-9-16(11-14)19-2/h7-9,11,15,18H,3-6,10,12-13H2,1-2H3/t15-,17+/m1/s1. The Morgan fingerprint density at radius 1 is 1.32 bits per heavy atom. The quantitative estimate of drug-likeness (QED) is 0.720. The zero-order chi connectivity index (χ0) is 13.7. The zero-order valence-corrected chi connectivity index (χ0v) is 12.2. The molecule has 1 N–H and O–H groups in total. The summed E-state index contributed by atoms with van der Waals surface area (Å²) in [6.45, 7) is 2.55. The first-order chi connectivity index (χ1) is 9.26. The molecule has 1 aromatic rings. The normalized spacial score (nSPS) is 25.3. The maximum absolute atomic E-state index is 9.50. The van der Waals surface area contributed by atoms with Crippen molar-refractivity contribution in [1.82, 2.24) is 0 Å². The van der Waals surface area contributed by atoms with Gasteiger partial charge in [0.2, 0.25) is 0 Å². The minimum atomic E-state index is 0.219. The molecular formula is C17H26O2. The molecule has 0 aromatic heterocycles. The molecule has 1 aromatic carbocycles. The van der Waals surface area contributed by atoms with E-state index in [1.54, 1.807) is 7.11 Å². The second-order valence-corrected chi connectivity index (χ2v) is 5.78. The van der Waals surface area contributed by atoms with Crippen molar-refractivity contribution < 1.29 is 9.84 Å². The van der Waals surface area contributed by atoms with Crippen LogP contribution in [-0.4, -0.2) is 18.8 Å². The van der Waals surface area contributed by atoms with Gasteiger partial charge in [-0.25, -0.2) is 0 Å². The van der Waals surface area contributed by atoms with Gasteiger partial charge in [0, 0.05) is 12.0 Å². The molecule has 0 heterocycles. The van der Waals surface area contributed by atoms with Crippen molar-refractivity contribution in [3.8, 4) is 5.75 Å². The molecule has 0 amide bonds. The maximum Gasteiger partial charge on any atom is 0.119 e. The number of aliphatic hydroxyl groups is 1. The summed E-state index contributed by atoms with van der Waals surface area (Å²) >= 11 is 0. The summed E-state index contributed by atoms with van der Waals surface area (Å²) in [5.41, 5.74) is 1.57. The van der Waals surface area contributed by atoms with Crippen LogP contribution >= 0.6 is 0 Å². The molecule has 0 spiro atoms. The van der Waals surface area contributed by atoms with Crippen LogP contribution in [0.4, 0.5) is 0 Å². The Labute approximate surface area is 116 Å². The van der Waals surface area contributed by atoms with Crippen LogP contribution in [0, 0.1) is 5.92 Å². The lowest BCUT2D eigenvalue weighted by Crippen LogP contribution is -2.12. The number of benzene rings is 1. The molecule has 106 valence electrons. The highest BCUT2D eigenvalue weighted by molar-refractivity contribution is 5.39. The third-order valence-corrected chi connectivity index (χ3v) is 4.57. The van der Waals surface area contributed by atoms with E-state index in [0.29, 0.717) is 12.5 Å². The van der Waals surface area contributed by atoms with Crippen LogP contribution in [0.2, 0.25) is 0 Å². The van der Waals surface area contributed by atoms with Crippen molar-refractivity contribution in [2.24, 2.45) is 5.92 Å². The lowest BCUT2D eigenvalue weighted by Gasteiger charge is -2.18. The van der Waals surface area contributed by atoms with E-state index >= 15 is 0 Å². The summed E-state index contributed by atoms with van der Waals surface area (Å²) in [5, 5.41) is 9.50. The molecule has 2 heteroatoms. The molecule has 1 fully saturated rings. The predicted octanol–water partition coefficient (Wildman–Crippen LogP) is 3.92. The zero-order valence-electron chi connectivity index (χ0n) is 12.2. The van der Waals surface area contributed by atoms with Crippen molar-refractivity contribution in [2.75, 3.05) is 13.7 Å². The average molecular weight is 262 g/mol. The monoisotopic (exact) mass is 262 g/mol. The Hall–Kier alpha value is -1.02. The molecular weight excluding hydrogens is 236 g/mol. The molecule has 0 unspecified atom stereocenters. The fourth-order valence-corrected chi connectivity index (χ4v) is 3.22. The molecule has 0 bridgehead atoms. The average Bonchev–Trinajstić information content (AvgIpc) is 3.19. The van der Waals surface area contributed by atoms with Crippen LogP contribution in [0.15, 0.2) is 24.3 Å². The lowest BCUT2D eigenvalue weighted by atomic mass is 9.87. The van der Waals surface area contributed by atoms with Crippen LogP contribution in [0.3, 0.4) is 0 Å². The maximum atomic E-state index is 9.50. The Morgan fingerprint density at radius 2 is 2.16 bits per heavy atom. The summed E-state index contributed by atoms with van der Waals surface area (Å²) in [6.07, 6.45) is 7.49. The smallest absolute Gasteiger partial charge is 0.119 e. The van der Waals surface area contributed by atoms with Gasteiger partial charge < -0.3 is 9.84 Å². The molecule has 1 aliphatic carbocycles. The summed E-state index contributed by atoms with van der Waals surface area (Å²) in [7, 11) is 1.71. The van der Waals surface area contributed by atoms with E-state index in [2.05, 4.69) is 25.1 Å². The van der Waals surface area contributed by atoms with Crippen molar-refractivity contribution in [2.45, 2.75) is 50.9 Å². The van der Waals surface area contributed by atoms with Gasteiger partial charge in [-0.1, -0.05) is 44.7 Å². The van der Waals surface area contributed by atoms with Gasteiger partial charge >= 0.3 is 0 Å². The van der Waals surface area contributed by atoms with Gasteiger partial charge in [-0.3, -0.25) is 0 Å². The highest BCUT2D eigenvalue weighted by Crippen LogP contribution is 2.57. The summed E-state index contributed by atoms with van der Waals surface area (Å²) < 4.78 is 5.33. The number of hydrogen-bond donors (Lipinski definition) is 1. The second kappa shape index (κ2) is 6.42. The van der Waals surface area contributed by atoms with Crippen molar-refractivity contribution in [3.63, 3.8) is 0 Å². The summed E-state index contributed by atoms with van der Waals surface area (Å²) in [5.74, 6) is 1.37. The molecule has 2 nitrogen and oxygen atoms in total. The number of methoxy groups -OCH3 is 1. The van der Waals surface area contributed by atoms with E-state index in [0.717, 1.165) is 12.2 Å². The largest absolute Gasteiger partial charge is 0.497 e. The van der Waals surface area contributed by atoms with Gasteiger partial charge in [0.25, 0.3) is 0 Å². The number of aliphatic hydroxyl groups excluding tert-OH is 1. The number of hydrogen-bond acceptors (Lipinski definition) is 2. The van der Waals surface area contributed by atoms with Crippen LogP contribution < -0.4 is 4.74 Å². The van der Waals surface area contributed by atoms with Gasteiger partial charge in [0.15, 0.2) is 0 Å². The van der Waals surface area contributed by atoms with Gasteiger partial charge in [0.1, 0.15) is 5.75 Å². The fraction of sp³-hybridized carbons (Fsp3) is 0.647. The second-order valence-electron chi connectivity index (χ2n) is 5.78. The summed E-state index contributed by atoms with van der Waals surface area (Å²) in [4.78, 5) is 0. The van der Waals surface area contributed by atoms with Gasteiger partial charge in [-0.2, -0.15) is 0 Å². The van der Waals surface area contributed by atoms with Crippen LogP contribution in [0.25, 0.3) is 0 Å². The lowest BCUT2D eigenvalue weighted by molar-refractivity contribution is 0.260. The Morgan fingerprint density at radius 3 is 2.79 bits per heavy atom. The minimum absolute atomic E-state index is 0.219. The number of rotatable bonds is 8. The van der Waals surface area contributed by atoms with Gasteiger partial charge in [-0.05, 0) is 36.5 Å². The van der Waals surface area contributed by atoms with E-state index in [1.807, 2.05) is 6.07 Å². The predicted molar refractivity (Wildman–Crippen MR) is 78.6 cm³/mol. The fourth-order valence-electron chi connectivity index (χ4n) is 3.22. The van der Waals surface area contributed by atoms with Crippen LogP contribution in [0.5, 0.6) is 5.75 Å². The third-order valence-electron chi connectivity index (χ3n) is 4.57.